The summed E-state index contributed by atoms with van der Waals surface area (Å²) in [6.45, 7) is 0. The number of hydrogen-bond acceptors (Lipinski definition) is 4. The summed E-state index contributed by atoms with van der Waals surface area (Å²) in [5.41, 5.74) is 3.69. The van der Waals surface area contributed by atoms with Crippen LogP contribution in [0.5, 0.6) is 0 Å². The Kier molecular flexibility index (Phi) is 5.81. The number of benzene rings is 2. The number of aromatic nitrogens is 2. The standard InChI is InChI=1S/C23H20N4O2S/c1-24-22(28)16-5-9-18(10-6-16)26-23(29)17-7-11-20(12-8-17)30-15-19-14-27-13-3-2-4-21(27)25-19/h2-14H,15H2,1H3,(H,24,28)(H,26,29). The van der Waals surface area contributed by atoms with E-state index in [0.29, 0.717) is 16.8 Å². The molecule has 0 bridgehead atoms. The maximum atomic E-state index is 12.5. The van der Waals surface area contributed by atoms with E-state index >= 15 is 0 Å². The summed E-state index contributed by atoms with van der Waals surface area (Å²) >= 11 is 1.67. The lowest BCUT2D eigenvalue weighted by Crippen LogP contribution is -2.17. The summed E-state index contributed by atoms with van der Waals surface area (Å²) in [7, 11) is 1.58. The van der Waals surface area contributed by atoms with Crippen LogP contribution in [0.25, 0.3) is 5.65 Å². The number of pyridine rings is 1. The molecule has 0 radical (unpaired) electrons. The van der Waals surface area contributed by atoms with E-state index in [1.54, 1.807) is 55.2 Å². The Morgan fingerprint density at radius 2 is 1.63 bits per heavy atom. The van der Waals surface area contributed by atoms with Crippen LogP contribution in [0, 0.1) is 0 Å². The first kappa shape index (κ1) is 19.7. The quantitative estimate of drug-likeness (QED) is 0.461. The molecule has 0 unspecified atom stereocenters. The van der Waals surface area contributed by atoms with Crippen molar-refractivity contribution in [2.45, 2.75) is 10.6 Å². The average Bonchev–Trinajstić information content (AvgIpc) is 3.21. The van der Waals surface area contributed by atoms with Gasteiger partial charge < -0.3 is 15.0 Å². The lowest BCUT2D eigenvalue weighted by atomic mass is 10.1. The SMILES string of the molecule is CNC(=O)c1ccc(NC(=O)c2ccc(SCc3cn4ccccc4n3)cc2)cc1. The number of hydrogen-bond donors (Lipinski definition) is 2. The van der Waals surface area contributed by atoms with Crippen molar-refractivity contribution in [2.75, 3.05) is 12.4 Å². The van der Waals surface area contributed by atoms with Crippen LogP contribution in [-0.4, -0.2) is 28.2 Å². The molecule has 0 saturated heterocycles. The number of nitrogens with zero attached hydrogens (tertiary/aromatic N) is 2. The number of thioether (sulfide) groups is 1. The smallest absolute Gasteiger partial charge is 0.255 e. The number of anilines is 1. The molecule has 0 aliphatic carbocycles. The molecule has 0 aliphatic heterocycles. The third kappa shape index (κ3) is 4.52. The third-order valence-corrected chi connectivity index (χ3v) is 5.59. The van der Waals surface area contributed by atoms with Crippen LogP contribution in [0.1, 0.15) is 26.4 Å². The number of nitrogens with one attached hydrogen (secondary N) is 2. The van der Waals surface area contributed by atoms with E-state index in [1.807, 2.05) is 47.1 Å². The predicted molar refractivity (Wildman–Crippen MR) is 119 cm³/mol. The molecular weight excluding hydrogens is 396 g/mol. The highest BCUT2D eigenvalue weighted by Gasteiger charge is 2.08. The van der Waals surface area contributed by atoms with Crippen LogP contribution >= 0.6 is 11.8 Å². The molecular formula is C23H20N4O2S. The van der Waals surface area contributed by atoms with Gasteiger partial charge in [-0.15, -0.1) is 11.8 Å². The van der Waals surface area contributed by atoms with Crippen molar-refractivity contribution in [1.29, 1.82) is 0 Å². The van der Waals surface area contributed by atoms with E-state index in [9.17, 15) is 9.59 Å². The molecule has 6 nitrogen and oxygen atoms in total. The van der Waals surface area contributed by atoms with Crippen LogP contribution in [0.3, 0.4) is 0 Å². The minimum atomic E-state index is -0.195. The van der Waals surface area contributed by atoms with Gasteiger partial charge >= 0.3 is 0 Å². The van der Waals surface area contributed by atoms with Crippen LogP contribution in [0.4, 0.5) is 5.69 Å². The molecule has 0 aliphatic rings. The van der Waals surface area contributed by atoms with Crippen LogP contribution in [0.15, 0.2) is 84.0 Å². The largest absolute Gasteiger partial charge is 0.355 e. The fourth-order valence-electron chi connectivity index (χ4n) is 2.97. The van der Waals surface area contributed by atoms with Gasteiger partial charge in [0.25, 0.3) is 11.8 Å². The number of carbonyl (C=O) groups is 2. The third-order valence-electron chi connectivity index (χ3n) is 4.55. The van der Waals surface area contributed by atoms with Gasteiger partial charge in [-0.1, -0.05) is 6.07 Å². The molecule has 4 rings (SSSR count). The molecule has 7 heteroatoms. The molecule has 2 N–H and O–H groups in total. The molecule has 0 fully saturated rings. The zero-order valence-corrected chi connectivity index (χ0v) is 17.1. The Morgan fingerprint density at radius 3 is 2.33 bits per heavy atom. The number of fused-ring (bicyclic) bond motifs is 1. The number of carbonyl (C=O) groups excluding carboxylic acids is 2. The Hall–Kier alpha value is -3.58. The lowest BCUT2D eigenvalue weighted by molar-refractivity contribution is 0.0962. The second-order valence-electron chi connectivity index (χ2n) is 6.62. The van der Waals surface area contributed by atoms with Crippen molar-refractivity contribution in [1.82, 2.24) is 14.7 Å². The van der Waals surface area contributed by atoms with Crippen molar-refractivity contribution >= 4 is 34.9 Å². The number of rotatable bonds is 6. The van der Waals surface area contributed by atoms with E-state index in [2.05, 4.69) is 15.6 Å². The lowest BCUT2D eigenvalue weighted by Gasteiger charge is -2.07. The molecule has 2 amide bonds. The summed E-state index contributed by atoms with van der Waals surface area (Å²) in [4.78, 5) is 29.7. The normalized spacial score (nSPS) is 10.7. The molecule has 0 spiro atoms. The van der Waals surface area contributed by atoms with Gasteiger partial charge in [0.05, 0.1) is 5.69 Å². The van der Waals surface area contributed by atoms with Gasteiger partial charge in [-0.25, -0.2) is 4.98 Å². The first-order valence-electron chi connectivity index (χ1n) is 9.41. The van der Waals surface area contributed by atoms with E-state index in [1.165, 1.54) is 0 Å². The van der Waals surface area contributed by atoms with E-state index in [-0.39, 0.29) is 11.8 Å². The molecule has 0 atom stereocenters. The van der Waals surface area contributed by atoms with Crippen molar-refractivity contribution < 1.29 is 9.59 Å². The van der Waals surface area contributed by atoms with Crippen molar-refractivity contribution in [3.8, 4) is 0 Å². The summed E-state index contributed by atoms with van der Waals surface area (Å²) < 4.78 is 2.00. The number of imidazole rings is 1. The Morgan fingerprint density at radius 1 is 0.933 bits per heavy atom. The van der Waals surface area contributed by atoms with Gasteiger partial charge in [0.1, 0.15) is 5.65 Å². The highest BCUT2D eigenvalue weighted by Crippen LogP contribution is 2.23. The minimum absolute atomic E-state index is 0.162. The molecule has 150 valence electrons. The summed E-state index contributed by atoms with van der Waals surface area (Å²) in [5, 5.41) is 5.41. The molecule has 2 aromatic heterocycles. The first-order valence-corrected chi connectivity index (χ1v) is 10.4. The Labute approximate surface area is 178 Å². The molecule has 30 heavy (non-hydrogen) atoms. The van der Waals surface area contributed by atoms with E-state index < -0.39 is 0 Å². The average molecular weight is 417 g/mol. The summed E-state index contributed by atoms with van der Waals surface area (Å²) in [5.74, 6) is 0.398. The van der Waals surface area contributed by atoms with Crippen molar-refractivity contribution in [2.24, 2.45) is 0 Å². The van der Waals surface area contributed by atoms with E-state index in [0.717, 1.165) is 22.0 Å². The monoisotopic (exact) mass is 416 g/mol. The van der Waals surface area contributed by atoms with Crippen molar-refractivity contribution in [3.63, 3.8) is 0 Å². The van der Waals surface area contributed by atoms with Crippen LogP contribution in [-0.2, 0) is 5.75 Å². The predicted octanol–water partition coefficient (Wildman–Crippen LogP) is 4.24. The topological polar surface area (TPSA) is 75.5 Å². The fraction of sp³-hybridized carbons (Fsp3) is 0.0870. The highest BCUT2D eigenvalue weighted by molar-refractivity contribution is 7.98. The highest BCUT2D eigenvalue weighted by atomic mass is 32.2. The zero-order valence-electron chi connectivity index (χ0n) is 16.3. The first-order chi connectivity index (χ1) is 14.6. The minimum Gasteiger partial charge on any atom is -0.355 e. The summed E-state index contributed by atoms with van der Waals surface area (Å²) in [6.07, 6.45) is 4.01. The zero-order chi connectivity index (χ0) is 20.9. The molecule has 4 aromatic rings. The van der Waals surface area contributed by atoms with Gasteiger partial charge in [-0.2, -0.15) is 0 Å². The second kappa shape index (κ2) is 8.84. The second-order valence-corrected chi connectivity index (χ2v) is 7.67. The van der Waals surface area contributed by atoms with Gasteiger partial charge in [0, 0.05) is 46.9 Å². The van der Waals surface area contributed by atoms with Crippen molar-refractivity contribution in [3.05, 3.63) is 95.9 Å². The maximum absolute atomic E-state index is 12.5. The fourth-order valence-corrected chi connectivity index (χ4v) is 3.75. The van der Waals surface area contributed by atoms with Gasteiger partial charge in [0.2, 0.25) is 0 Å². The van der Waals surface area contributed by atoms with Crippen LogP contribution < -0.4 is 10.6 Å². The summed E-state index contributed by atoms with van der Waals surface area (Å²) in [6, 6.07) is 20.2. The van der Waals surface area contributed by atoms with Gasteiger partial charge in [0.15, 0.2) is 0 Å². The van der Waals surface area contributed by atoms with Gasteiger partial charge in [-0.3, -0.25) is 9.59 Å². The molecule has 2 aromatic carbocycles. The number of amides is 2. The van der Waals surface area contributed by atoms with E-state index in [4.69, 9.17) is 0 Å². The van der Waals surface area contributed by atoms with Crippen LogP contribution in [0.2, 0.25) is 0 Å². The molecule has 2 heterocycles. The molecule has 0 saturated carbocycles. The van der Waals surface area contributed by atoms with Gasteiger partial charge in [-0.05, 0) is 60.7 Å². The Bertz CT molecular complexity index is 1150. The maximum Gasteiger partial charge on any atom is 0.255 e. The Balaban J connectivity index is 1.35.